The lowest BCUT2D eigenvalue weighted by molar-refractivity contribution is 0.373. The van der Waals surface area contributed by atoms with Crippen LogP contribution in [0, 0.1) is 13.8 Å². The Morgan fingerprint density at radius 3 is 2.92 bits per heavy atom. The summed E-state index contributed by atoms with van der Waals surface area (Å²) in [5, 5.41) is 10.5. The lowest BCUT2D eigenvalue weighted by Crippen LogP contribution is -2.20. The van der Waals surface area contributed by atoms with Crippen LogP contribution in [0.3, 0.4) is 0 Å². The average Bonchev–Trinajstić information content (AvgIpc) is 3.11. The number of ether oxygens (including phenoxy) is 1. The van der Waals surface area contributed by atoms with Crippen molar-refractivity contribution >= 4 is 33.2 Å². The van der Waals surface area contributed by atoms with Gasteiger partial charge in [0.2, 0.25) is 0 Å². The maximum Gasteiger partial charge on any atom is 0.262 e. The number of allylic oxidation sites excluding steroid dienone is 1. The van der Waals surface area contributed by atoms with Crippen LogP contribution in [0.2, 0.25) is 0 Å². The topological polar surface area (TPSA) is 64.4 Å². The third-order valence-corrected chi connectivity index (χ3v) is 5.83. The molecule has 3 aromatic rings. The maximum atomic E-state index is 12.8. The highest BCUT2D eigenvalue weighted by Gasteiger charge is 2.23. The molecule has 6 heteroatoms. The van der Waals surface area contributed by atoms with Crippen LogP contribution in [-0.2, 0) is 6.54 Å². The van der Waals surface area contributed by atoms with Gasteiger partial charge in [0.1, 0.15) is 10.7 Å². The lowest BCUT2D eigenvalue weighted by Gasteiger charge is -2.05. The first-order valence-corrected chi connectivity index (χ1v) is 8.89. The van der Waals surface area contributed by atoms with Crippen LogP contribution < -0.4 is 10.3 Å². The molecule has 1 aliphatic rings. The summed E-state index contributed by atoms with van der Waals surface area (Å²) in [6.45, 7) is 4.65. The van der Waals surface area contributed by atoms with E-state index in [2.05, 4.69) is 0 Å². The van der Waals surface area contributed by atoms with E-state index in [1.165, 1.54) is 7.11 Å². The zero-order valence-corrected chi connectivity index (χ0v) is 15.1. The molecule has 0 bridgehead atoms. The Balaban J connectivity index is 1.87. The molecular formula is C19H18N2O3S. The van der Waals surface area contributed by atoms with Gasteiger partial charge < -0.3 is 9.84 Å². The second kappa shape index (κ2) is 5.74. The highest BCUT2D eigenvalue weighted by atomic mass is 32.1. The molecule has 0 spiro atoms. The number of hydrogen-bond donors (Lipinski definition) is 1. The number of thiophene rings is 1. The molecule has 1 N–H and O–H groups in total. The first kappa shape index (κ1) is 15.9. The summed E-state index contributed by atoms with van der Waals surface area (Å²) in [5.74, 6) is 1.28. The van der Waals surface area contributed by atoms with E-state index in [0.29, 0.717) is 12.3 Å². The fraction of sp³-hybridized carbons (Fsp3) is 0.263. The molecule has 3 heterocycles. The Morgan fingerprint density at radius 2 is 2.16 bits per heavy atom. The third-order valence-electron chi connectivity index (χ3n) is 4.73. The van der Waals surface area contributed by atoms with Gasteiger partial charge in [-0.25, -0.2) is 4.98 Å². The van der Waals surface area contributed by atoms with Crippen molar-refractivity contribution in [3.63, 3.8) is 0 Å². The number of fused-ring (bicyclic) bond motifs is 2. The molecule has 0 radical (unpaired) electrons. The average molecular weight is 354 g/mol. The van der Waals surface area contributed by atoms with Crippen LogP contribution in [-0.4, -0.2) is 21.8 Å². The van der Waals surface area contributed by atoms with E-state index in [-0.39, 0.29) is 11.3 Å². The van der Waals surface area contributed by atoms with Crippen LogP contribution in [0.15, 0.2) is 23.0 Å². The molecule has 0 fully saturated rings. The van der Waals surface area contributed by atoms with Gasteiger partial charge in [-0.05, 0) is 55.2 Å². The van der Waals surface area contributed by atoms with Crippen LogP contribution in [0.5, 0.6) is 11.5 Å². The number of nitrogens with zero attached hydrogens (tertiary/aromatic N) is 2. The summed E-state index contributed by atoms with van der Waals surface area (Å²) in [6.07, 6.45) is 2.77. The molecule has 5 nitrogen and oxygen atoms in total. The number of aryl methyl sites for hydroxylation is 2. The summed E-state index contributed by atoms with van der Waals surface area (Å²) < 4.78 is 6.93. The fourth-order valence-electron chi connectivity index (χ4n) is 3.25. The molecule has 1 aliphatic heterocycles. The summed E-state index contributed by atoms with van der Waals surface area (Å²) in [7, 11) is 1.52. The molecule has 0 atom stereocenters. The molecule has 1 aromatic carbocycles. The SMILES string of the molecule is COc1cc(C=C2CCn3c2nc2sc(C)c(C)c2c3=O)ccc1O. The van der Waals surface area contributed by atoms with E-state index in [4.69, 9.17) is 9.72 Å². The smallest absolute Gasteiger partial charge is 0.262 e. The number of aromatic nitrogens is 2. The number of phenolic OH excluding ortho intramolecular Hbond substituents is 1. The highest BCUT2D eigenvalue weighted by Crippen LogP contribution is 2.33. The number of benzene rings is 1. The number of hydrogen-bond acceptors (Lipinski definition) is 5. The Hall–Kier alpha value is -2.60. The zero-order chi connectivity index (χ0) is 17.7. The highest BCUT2D eigenvalue weighted by molar-refractivity contribution is 7.18. The number of rotatable bonds is 2. The maximum absolute atomic E-state index is 12.8. The van der Waals surface area contributed by atoms with Crippen molar-refractivity contribution in [2.45, 2.75) is 26.8 Å². The molecule has 2 aromatic heterocycles. The summed E-state index contributed by atoms with van der Waals surface area (Å²) >= 11 is 1.57. The van der Waals surface area contributed by atoms with Gasteiger partial charge in [-0.15, -0.1) is 11.3 Å². The lowest BCUT2D eigenvalue weighted by atomic mass is 10.1. The van der Waals surface area contributed by atoms with Crippen molar-refractivity contribution in [2.75, 3.05) is 7.11 Å². The summed E-state index contributed by atoms with van der Waals surface area (Å²) in [4.78, 5) is 19.6. The van der Waals surface area contributed by atoms with Gasteiger partial charge in [-0.3, -0.25) is 9.36 Å². The van der Waals surface area contributed by atoms with E-state index in [0.717, 1.165) is 44.0 Å². The van der Waals surface area contributed by atoms with Gasteiger partial charge in [0, 0.05) is 11.4 Å². The van der Waals surface area contributed by atoms with E-state index in [9.17, 15) is 9.90 Å². The molecule has 0 unspecified atom stereocenters. The second-order valence-corrected chi connectivity index (χ2v) is 7.41. The molecule has 0 amide bonds. The van der Waals surface area contributed by atoms with Crippen LogP contribution >= 0.6 is 11.3 Å². The van der Waals surface area contributed by atoms with Crippen LogP contribution in [0.1, 0.15) is 28.2 Å². The van der Waals surface area contributed by atoms with Crippen molar-refractivity contribution in [1.29, 1.82) is 0 Å². The molecule has 25 heavy (non-hydrogen) atoms. The first-order chi connectivity index (χ1) is 12.0. The largest absolute Gasteiger partial charge is 0.504 e. The number of aromatic hydroxyl groups is 1. The standard InChI is InChI=1S/C19H18N2O3S/c1-10-11(2)25-18-16(10)19(23)21-7-6-13(17(21)20-18)8-12-4-5-14(22)15(9-12)24-3/h4-5,8-9,22H,6-7H2,1-3H3. The Morgan fingerprint density at radius 1 is 1.36 bits per heavy atom. The summed E-state index contributed by atoms with van der Waals surface area (Å²) in [6, 6.07) is 5.21. The molecule has 4 rings (SSSR count). The van der Waals surface area contributed by atoms with E-state index in [1.54, 1.807) is 28.0 Å². The third kappa shape index (κ3) is 2.44. The van der Waals surface area contributed by atoms with Crippen molar-refractivity contribution < 1.29 is 9.84 Å². The van der Waals surface area contributed by atoms with E-state index in [1.807, 2.05) is 26.0 Å². The quantitative estimate of drug-likeness (QED) is 0.761. The minimum absolute atomic E-state index is 0.0496. The van der Waals surface area contributed by atoms with Gasteiger partial charge in [0.05, 0.1) is 12.5 Å². The molecule has 128 valence electrons. The zero-order valence-electron chi connectivity index (χ0n) is 14.3. The second-order valence-electron chi connectivity index (χ2n) is 6.21. The molecule has 0 saturated carbocycles. The van der Waals surface area contributed by atoms with Crippen LogP contribution in [0.25, 0.3) is 21.9 Å². The van der Waals surface area contributed by atoms with Gasteiger partial charge in [0.15, 0.2) is 11.5 Å². The predicted molar refractivity (Wildman–Crippen MR) is 101 cm³/mol. The molecule has 0 saturated heterocycles. The predicted octanol–water partition coefficient (Wildman–Crippen LogP) is 3.73. The summed E-state index contributed by atoms with van der Waals surface area (Å²) in [5.41, 5.74) is 3.02. The Labute approximate surface area is 148 Å². The van der Waals surface area contributed by atoms with Gasteiger partial charge >= 0.3 is 0 Å². The monoisotopic (exact) mass is 354 g/mol. The van der Waals surface area contributed by atoms with Crippen LogP contribution in [0.4, 0.5) is 0 Å². The van der Waals surface area contributed by atoms with Crippen molar-refractivity contribution in [3.8, 4) is 11.5 Å². The van der Waals surface area contributed by atoms with Gasteiger partial charge in [0.25, 0.3) is 5.56 Å². The minimum atomic E-state index is 0.0496. The fourth-order valence-corrected chi connectivity index (χ4v) is 4.27. The number of phenols is 1. The molecular weight excluding hydrogens is 336 g/mol. The van der Waals surface area contributed by atoms with Crippen molar-refractivity contribution in [2.24, 2.45) is 0 Å². The van der Waals surface area contributed by atoms with Gasteiger partial charge in [-0.1, -0.05) is 6.07 Å². The van der Waals surface area contributed by atoms with Crippen molar-refractivity contribution in [3.05, 3.63) is 50.4 Å². The Kier molecular flexibility index (Phi) is 3.65. The number of methoxy groups -OCH3 is 1. The Bertz CT molecular complexity index is 1090. The van der Waals surface area contributed by atoms with E-state index < -0.39 is 0 Å². The normalized spacial score (nSPS) is 15.1. The van der Waals surface area contributed by atoms with Crippen molar-refractivity contribution in [1.82, 2.24) is 9.55 Å². The molecule has 0 aliphatic carbocycles. The van der Waals surface area contributed by atoms with E-state index >= 15 is 0 Å². The minimum Gasteiger partial charge on any atom is -0.504 e. The van der Waals surface area contributed by atoms with Gasteiger partial charge in [-0.2, -0.15) is 0 Å². The first-order valence-electron chi connectivity index (χ1n) is 8.08.